The summed E-state index contributed by atoms with van der Waals surface area (Å²) in [4.78, 5) is 25.6. The third-order valence-corrected chi connectivity index (χ3v) is 3.71. The summed E-state index contributed by atoms with van der Waals surface area (Å²) < 4.78 is 28.5. The Kier molecular flexibility index (Phi) is 6.66. The van der Waals surface area contributed by atoms with Gasteiger partial charge < -0.3 is 15.0 Å². The van der Waals surface area contributed by atoms with Crippen molar-refractivity contribution in [2.24, 2.45) is 0 Å². The third-order valence-electron chi connectivity index (χ3n) is 3.71. The van der Waals surface area contributed by atoms with Crippen molar-refractivity contribution < 1.29 is 23.1 Å². The summed E-state index contributed by atoms with van der Waals surface area (Å²) in [5.74, 6) is -0.526. The summed E-state index contributed by atoms with van der Waals surface area (Å²) >= 11 is 0. The minimum absolute atomic E-state index is 0.0584. The number of likely N-dealkylation sites (N-methyl/N-ethyl adjacent to an activating group) is 1. The van der Waals surface area contributed by atoms with Crippen LogP contribution in [0.1, 0.15) is 21.5 Å². The van der Waals surface area contributed by atoms with Crippen LogP contribution in [0.15, 0.2) is 48.5 Å². The number of ether oxygens (including phenoxy) is 1. The molecule has 0 spiro atoms. The van der Waals surface area contributed by atoms with Gasteiger partial charge in [-0.15, -0.1) is 0 Å². The van der Waals surface area contributed by atoms with Gasteiger partial charge in [-0.2, -0.15) is 8.78 Å². The Hall–Kier alpha value is -2.96. The zero-order valence-electron chi connectivity index (χ0n) is 14.5. The third kappa shape index (κ3) is 5.84. The fourth-order valence-corrected chi connectivity index (χ4v) is 2.24. The van der Waals surface area contributed by atoms with Crippen molar-refractivity contribution in [1.29, 1.82) is 0 Å². The molecule has 0 unspecified atom stereocenters. The van der Waals surface area contributed by atoms with Crippen molar-refractivity contribution in [2.75, 3.05) is 13.6 Å². The van der Waals surface area contributed by atoms with E-state index < -0.39 is 6.61 Å². The number of aryl methyl sites for hydroxylation is 1. The second-order valence-corrected chi connectivity index (χ2v) is 5.82. The SMILES string of the molecule is Cc1ccc(C(=O)NCC(=O)N(C)Cc2ccc(OC(F)F)cc2)cc1. The lowest BCUT2D eigenvalue weighted by atomic mass is 10.1. The molecule has 0 aliphatic rings. The van der Waals surface area contributed by atoms with E-state index in [4.69, 9.17) is 0 Å². The number of carbonyl (C=O) groups excluding carboxylic acids is 2. The van der Waals surface area contributed by atoms with Gasteiger partial charge in [0, 0.05) is 19.2 Å². The Labute approximate surface area is 150 Å². The van der Waals surface area contributed by atoms with E-state index in [-0.39, 0.29) is 30.7 Å². The molecule has 1 N–H and O–H groups in total. The molecule has 0 atom stereocenters. The lowest BCUT2D eigenvalue weighted by Crippen LogP contribution is -2.37. The number of nitrogens with one attached hydrogen (secondary N) is 1. The van der Waals surface area contributed by atoms with Crippen LogP contribution < -0.4 is 10.1 Å². The summed E-state index contributed by atoms with van der Waals surface area (Å²) in [6.07, 6.45) is 0. The lowest BCUT2D eigenvalue weighted by Gasteiger charge is -2.18. The predicted molar refractivity (Wildman–Crippen MR) is 93.1 cm³/mol. The van der Waals surface area contributed by atoms with Gasteiger partial charge in [0.05, 0.1) is 6.54 Å². The number of nitrogens with zero attached hydrogens (tertiary/aromatic N) is 1. The van der Waals surface area contributed by atoms with Crippen molar-refractivity contribution in [3.05, 3.63) is 65.2 Å². The Morgan fingerprint density at radius 1 is 1.08 bits per heavy atom. The van der Waals surface area contributed by atoms with Crippen LogP contribution >= 0.6 is 0 Å². The molecule has 0 aromatic heterocycles. The van der Waals surface area contributed by atoms with Gasteiger partial charge >= 0.3 is 6.61 Å². The summed E-state index contributed by atoms with van der Waals surface area (Å²) in [5.41, 5.74) is 2.29. The monoisotopic (exact) mass is 362 g/mol. The van der Waals surface area contributed by atoms with Crippen molar-refractivity contribution in [2.45, 2.75) is 20.1 Å². The van der Waals surface area contributed by atoms with E-state index >= 15 is 0 Å². The molecular formula is C19H20F2N2O3. The molecule has 5 nitrogen and oxygen atoms in total. The smallest absolute Gasteiger partial charge is 0.387 e. The van der Waals surface area contributed by atoms with Gasteiger partial charge in [0.2, 0.25) is 5.91 Å². The first kappa shape index (κ1) is 19.4. The maximum atomic E-state index is 12.1. The highest BCUT2D eigenvalue weighted by Crippen LogP contribution is 2.15. The van der Waals surface area contributed by atoms with Gasteiger partial charge in [-0.3, -0.25) is 9.59 Å². The molecule has 2 aromatic rings. The largest absolute Gasteiger partial charge is 0.435 e. The molecule has 0 aliphatic carbocycles. The second-order valence-electron chi connectivity index (χ2n) is 5.82. The number of rotatable bonds is 7. The standard InChI is InChI=1S/C19H20F2N2O3/c1-13-3-7-15(8-4-13)18(25)22-11-17(24)23(2)12-14-5-9-16(10-6-14)26-19(20)21/h3-10,19H,11-12H2,1-2H3,(H,22,25). The molecule has 26 heavy (non-hydrogen) atoms. The number of carbonyl (C=O) groups is 2. The van der Waals surface area contributed by atoms with E-state index in [9.17, 15) is 18.4 Å². The number of benzene rings is 2. The van der Waals surface area contributed by atoms with E-state index in [0.29, 0.717) is 5.56 Å². The van der Waals surface area contributed by atoms with Crippen LogP contribution in [0.3, 0.4) is 0 Å². The van der Waals surface area contributed by atoms with Crippen LogP contribution in [0.2, 0.25) is 0 Å². The number of alkyl halides is 2. The summed E-state index contributed by atoms with van der Waals surface area (Å²) in [5, 5.41) is 2.58. The highest BCUT2D eigenvalue weighted by Gasteiger charge is 2.12. The molecule has 138 valence electrons. The van der Waals surface area contributed by atoms with Crippen LogP contribution in [0.4, 0.5) is 8.78 Å². The molecule has 0 fully saturated rings. The van der Waals surface area contributed by atoms with Gasteiger partial charge in [-0.25, -0.2) is 0 Å². The van der Waals surface area contributed by atoms with Crippen LogP contribution in [0, 0.1) is 6.92 Å². The number of amides is 2. The van der Waals surface area contributed by atoms with E-state index in [1.54, 1.807) is 31.3 Å². The van der Waals surface area contributed by atoms with E-state index in [1.165, 1.54) is 17.0 Å². The van der Waals surface area contributed by atoms with Crippen molar-refractivity contribution in [3.8, 4) is 5.75 Å². The molecule has 7 heteroatoms. The minimum Gasteiger partial charge on any atom is -0.435 e. The predicted octanol–water partition coefficient (Wildman–Crippen LogP) is 2.98. The molecule has 0 aliphatic heterocycles. The average molecular weight is 362 g/mol. The molecule has 0 saturated carbocycles. The second kappa shape index (κ2) is 8.94. The average Bonchev–Trinajstić information content (AvgIpc) is 2.61. The zero-order chi connectivity index (χ0) is 19.1. The molecule has 0 radical (unpaired) electrons. The van der Waals surface area contributed by atoms with Gasteiger partial charge in [-0.05, 0) is 36.8 Å². The molecule has 2 aromatic carbocycles. The number of hydrogen-bond donors (Lipinski definition) is 1. The fraction of sp³-hybridized carbons (Fsp3) is 0.263. The van der Waals surface area contributed by atoms with Gasteiger partial charge in [-0.1, -0.05) is 29.8 Å². The van der Waals surface area contributed by atoms with E-state index in [1.807, 2.05) is 19.1 Å². The van der Waals surface area contributed by atoms with Gasteiger partial charge in [0.1, 0.15) is 5.75 Å². The maximum Gasteiger partial charge on any atom is 0.387 e. The first-order chi connectivity index (χ1) is 12.3. The van der Waals surface area contributed by atoms with E-state index in [2.05, 4.69) is 10.1 Å². The molecule has 2 amide bonds. The molecule has 2 rings (SSSR count). The maximum absolute atomic E-state index is 12.1. The Bertz CT molecular complexity index is 746. The summed E-state index contributed by atoms with van der Waals surface area (Å²) in [6.45, 7) is -0.793. The fourth-order valence-electron chi connectivity index (χ4n) is 2.24. The van der Waals surface area contributed by atoms with Crippen LogP contribution in [0.5, 0.6) is 5.75 Å². The topological polar surface area (TPSA) is 58.6 Å². The van der Waals surface area contributed by atoms with Crippen LogP contribution in [-0.2, 0) is 11.3 Å². The summed E-state index contributed by atoms with van der Waals surface area (Å²) in [7, 11) is 1.60. The van der Waals surface area contributed by atoms with Crippen LogP contribution in [0.25, 0.3) is 0 Å². The highest BCUT2D eigenvalue weighted by molar-refractivity contribution is 5.96. The van der Waals surface area contributed by atoms with E-state index in [0.717, 1.165) is 11.1 Å². The highest BCUT2D eigenvalue weighted by atomic mass is 19.3. The Morgan fingerprint density at radius 3 is 2.27 bits per heavy atom. The van der Waals surface area contributed by atoms with Gasteiger partial charge in [0.25, 0.3) is 5.91 Å². The summed E-state index contributed by atoms with van der Waals surface area (Å²) in [6, 6.07) is 13.1. The quantitative estimate of drug-likeness (QED) is 0.824. The molecular weight excluding hydrogens is 342 g/mol. The van der Waals surface area contributed by atoms with Crippen LogP contribution in [-0.4, -0.2) is 36.9 Å². The minimum atomic E-state index is -2.87. The Morgan fingerprint density at radius 2 is 1.69 bits per heavy atom. The molecule has 0 saturated heterocycles. The normalized spacial score (nSPS) is 10.5. The first-order valence-corrected chi connectivity index (χ1v) is 7.97. The number of hydrogen-bond acceptors (Lipinski definition) is 3. The van der Waals surface area contributed by atoms with Crippen molar-refractivity contribution in [1.82, 2.24) is 10.2 Å². The number of halogens is 2. The van der Waals surface area contributed by atoms with Crippen molar-refractivity contribution >= 4 is 11.8 Å². The Balaban J connectivity index is 1.83. The molecule has 0 heterocycles. The zero-order valence-corrected chi connectivity index (χ0v) is 14.5. The van der Waals surface area contributed by atoms with Crippen molar-refractivity contribution in [3.63, 3.8) is 0 Å². The van der Waals surface area contributed by atoms with Gasteiger partial charge in [0.15, 0.2) is 0 Å². The first-order valence-electron chi connectivity index (χ1n) is 7.97. The lowest BCUT2D eigenvalue weighted by molar-refractivity contribution is -0.129. The molecule has 0 bridgehead atoms.